The fraction of sp³-hybridized carbons (Fsp3) is 0.222. The molecule has 0 bridgehead atoms. The molecule has 0 aliphatic heterocycles. The molecule has 6 heteroatoms. The number of nitrogens with one attached hydrogen (secondary N) is 1. The zero-order valence-corrected chi connectivity index (χ0v) is 15.0. The Morgan fingerprint density at radius 1 is 1.25 bits per heavy atom. The van der Waals surface area contributed by atoms with E-state index in [0.29, 0.717) is 17.5 Å². The first-order chi connectivity index (χ1) is 11.5. The molecule has 1 N–H and O–H groups in total. The van der Waals surface area contributed by atoms with Gasteiger partial charge in [-0.25, -0.2) is 9.37 Å². The lowest BCUT2D eigenvalue weighted by Gasteiger charge is -2.03. The summed E-state index contributed by atoms with van der Waals surface area (Å²) in [5.74, 6) is 0.0549. The Hall–Kier alpha value is -2.05. The first-order valence-corrected chi connectivity index (χ1v) is 9.32. The number of amides is 1. The van der Waals surface area contributed by atoms with E-state index < -0.39 is 0 Å². The minimum atomic E-state index is -0.244. The van der Waals surface area contributed by atoms with Crippen LogP contribution in [0.25, 0.3) is 21.0 Å². The van der Waals surface area contributed by atoms with E-state index in [-0.39, 0.29) is 11.7 Å². The Bertz CT molecular complexity index is 854. The van der Waals surface area contributed by atoms with E-state index in [1.54, 1.807) is 17.4 Å². The van der Waals surface area contributed by atoms with E-state index in [1.165, 1.54) is 23.5 Å². The van der Waals surface area contributed by atoms with Crippen LogP contribution < -0.4 is 5.32 Å². The summed E-state index contributed by atoms with van der Waals surface area (Å²) >= 11 is 2.97. The second-order valence-electron chi connectivity index (χ2n) is 5.86. The molecule has 1 amide bonds. The van der Waals surface area contributed by atoms with Gasteiger partial charge < -0.3 is 5.32 Å². The lowest BCUT2D eigenvalue weighted by atomic mass is 10.1. The highest BCUT2D eigenvalue weighted by Crippen LogP contribution is 2.35. The number of hydrogen-bond acceptors (Lipinski definition) is 4. The molecule has 2 heterocycles. The molecule has 3 nitrogen and oxygen atoms in total. The van der Waals surface area contributed by atoms with Crippen LogP contribution in [0.5, 0.6) is 0 Å². The summed E-state index contributed by atoms with van der Waals surface area (Å²) in [7, 11) is 0. The van der Waals surface area contributed by atoms with Gasteiger partial charge in [0.15, 0.2) is 5.13 Å². The number of nitrogens with zero attached hydrogens (tertiary/aromatic N) is 1. The van der Waals surface area contributed by atoms with Gasteiger partial charge in [0.1, 0.15) is 5.82 Å². The largest absolute Gasteiger partial charge is 0.302 e. The van der Waals surface area contributed by atoms with E-state index in [9.17, 15) is 9.18 Å². The number of halogens is 1. The Morgan fingerprint density at radius 2 is 2.04 bits per heavy atom. The van der Waals surface area contributed by atoms with Crippen molar-refractivity contribution < 1.29 is 9.18 Å². The minimum absolute atomic E-state index is 0.0162. The number of aromatic nitrogens is 1. The van der Waals surface area contributed by atoms with Crippen LogP contribution in [0, 0.1) is 11.7 Å². The van der Waals surface area contributed by atoms with Crippen molar-refractivity contribution in [3.8, 4) is 21.0 Å². The van der Waals surface area contributed by atoms with Crippen LogP contribution in [0.2, 0.25) is 0 Å². The molecule has 3 rings (SSSR count). The Balaban J connectivity index is 1.75. The molecule has 0 aliphatic rings. The van der Waals surface area contributed by atoms with Gasteiger partial charge in [0, 0.05) is 16.7 Å². The molecule has 0 unspecified atom stereocenters. The Labute approximate surface area is 148 Å². The predicted molar refractivity (Wildman–Crippen MR) is 98.9 cm³/mol. The van der Waals surface area contributed by atoms with Crippen LogP contribution in [0.3, 0.4) is 0 Å². The quantitative estimate of drug-likeness (QED) is 0.637. The molecule has 2 aromatic heterocycles. The molecule has 3 aromatic rings. The van der Waals surface area contributed by atoms with Gasteiger partial charge in [0.2, 0.25) is 5.91 Å². The third-order valence-electron chi connectivity index (χ3n) is 3.31. The normalized spacial score (nSPS) is 11.0. The van der Waals surface area contributed by atoms with Crippen molar-refractivity contribution in [1.82, 2.24) is 4.98 Å². The maximum Gasteiger partial charge on any atom is 0.226 e. The Kier molecular flexibility index (Phi) is 5.06. The first-order valence-electron chi connectivity index (χ1n) is 7.63. The SMILES string of the molecule is CC(C)CC(=O)Nc1nc(-c2ccc(-c3cccc(F)c3)s2)cs1. The van der Waals surface area contributed by atoms with Crippen molar-refractivity contribution in [2.45, 2.75) is 20.3 Å². The monoisotopic (exact) mass is 360 g/mol. The molecule has 1 aromatic carbocycles. The van der Waals surface area contributed by atoms with Crippen LogP contribution in [0.1, 0.15) is 20.3 Å². The zero-order valence-electron chi connectivity index (χ0n) is 13.4. The first kappa shape index (κ1) is 16.8. The fourth-order valence-electron chi connectivity index (χ4n) is 2.26. The molecule has 0 fully saturated rings. The molecular formula is C18H17FN2OS2. The highest BCUT2D eigenvalue weighted by Gasteiger charge is 2.11. The topological polar surface area (TPSA) is 42.0 Å². The van der Waals surface area contributed by atoms with Crippen molar-refractivity contribution in [3.05, 3.63) is 47.6 Å². The fourth-order valence-corrected chi connectivity index (χ4v) is 4.02. The maximum absolute atomic E-state index is 13.4. The van der Waals surface area contributed by atoms with Crippen LogP contribution in [-0.2, 0) is 4.79 Å². The van der Waals surface area contributed by atoms with Crippen LogP contribution in [0.4, 0.5) is 9.52 Å². The summed E-state index contributed by atoms with van der Waals surface area (Å²) in [5, 5.41) is 5.36. The minimum Gasteiger partial charge on any atom is -0.302 e. The molecule has 24 heavy (non-hydrogen) atoms. The molecule has 0 atom stereocenters. The molecule has 0 spiro atoms. The van der Waals surface area contributed by atoms with Gasteiger partial charge in [-0.1, -0.05) is 26.0 Å². The average Bonchev–Trinajstić information content (AvgIpc) is 3.15. The molecule has 0 saturated heterocycles. The smallest absolute Gasteiger partial charge is 0.226 e. The number of rotatable bonds is 5. The summed E-state index contributed by atoms with van der Waals surface area (Å²) in [5.41, 5.74) is 1.68. The molecule has 0 radical (unpaired) electrons. The third kappa shape index (κ3) is 4.07. The highest BCUT2D eigenvalue weighted by atomic mass is 32.1. The molecular weight excluding hydrogens is 343 g/mol. The van der Waals surface area contributed by atoms with E-state index in [4.69, 9.17) is 0 Å². The standard InChI is InChI=1S/C18H17FN2OS2/c1-11(2)8-17(22)21-18-20-14(10-23-18)16-7-6-15(24-16)12-4-3-5-13(19)9-12/h3-7,9-11H,8H2,1-2H3,(H,20,21,22). The predicted octanol–water partition coefficient (Wildman–Crippen LogP) is 5.66. The highest BCUT2D eigenvalue weighted by molar-refractivity contribution is 7.19. The van der Waals surface area contributed by atoms with E-state index in [0.717, 1.165) is 21.0 Å². The van der Waals surface area contributed by atoms with Gasteiger partial charge >= 0.3 is 0 Å². The number of anilines is 1. The third-order valence-corrected chi connectivity index (χ3v) is 5.23. The molecule has 0 aliphatic carbocycles. The molecule has 124 valence electrons. The number of hydrogen-bond donors (Lipinski definition) is 1. The summed E-state index contributed by atoms with van der Waals surface area (Å²) in [4.78, 5) is 18.3. The van der Waals surface area contributed by atoms with Gasteiger partial charge in [-0.2, -0.15) is 0 Å². The van der Waals surface area contributed by atoms with Crippen molar-refractivity contribution in [2.75, 3.05) is 5.32 Å². The van der Waals surface area contributed by atoms with E-state index >= 15 is 0 Å². The van der Waals surface area contributed by atoms with Gasteiger partial charge in [-0.3, -0.25) is 4.79 Å². The van der Waals surface area contributed by atoms with Gasteiger partial charge in [0.05, 0.1) is 10.6 Å². The number of carbonyl (C=O) groups is 1. The van der Waals surface area contributed by atoms with Gasteiger partial charge in [0.25, 0.3) is 0 Å². The van der Waals surface area contributed by atoms with Crippen molar-refractivity contribution in [2.24, 2.45) is 5.92 Å². The summed E-state index contributed by atoms with van der Waals surface area (Å²) in [6, 6.07) is 10.5. The Morgan fingerprint density at radius 3 is 2.79 bits per heavy atom. The summed E-state index contributed by atoms with van der Waals surface area (Å²) in [6.45, 7) is 4.01. The van der Waals surface area contributed by atoms with Crippen molar-refractivity contribution >= 4 is 33.7 Å². The summed E-state index contributed by atoms with van der Waals surface area (Å²) in [6.07, 6.45) is 0.484. The van der Waals surface area contributed by atoms with E-state index in [2.05, 4.69) is 10.3 Å². The van der Waals surface area contributed by atoms with Crippen LogP contribution in [0.15, 0.2) is 41.8 Å². The second-order valence-corrected chi connectivity index (χ2v) is 7.80. The van der Waals surface area contributed by atoms with Crippen molar-refractivity contribution in [1.29, 1.82) is 0 Å². The summed E-state index contributed by atoms with van der Waals surface area (Å²) < 4.78 is 13.4. The second kappa shape index (κ2) is 7.23. The van der Waals surface area contributed by atoms with Crippen LogP contribution >= 0.6 is 22.7 Å². The van der Waals surface area contributed by atoms with Gasteiger partial charge in [-0.05, 0) is 35.7 Å². The molecule has 0 saturated carbocycles. The lowest BCUT2D eigenvalue weighted by molar-refractivity contribution is -0.116. The average molecular weight is 360 g/mol. The lowest BCUT2D eigenvalue weighted by Crippen LogP contribution is -2.13. The number of thiophene rings is 1. The van der Waals surface area contributed by atoms with Crippen LogP contribution in [-0.4, -0.2) is 10.9 Å². The zero-order chi connectivity index (χ0) is 17.1. The van der Waals surface area contributed by atoms with E-state index in [1.807, 2.05) is 37.4 Å². The maximum atomic E-state index is 13.4. The van der Waals surface area contributed by atoms with Gasteiger partial charge in [-0.15, -0.1) is 22.7 Å². The number of benzene rings is 1. The van der Waals surface area contributed by atoms with Crippen molar-refractivity contribution in [3.63, 3.8) is 0 Å². The number of thiazole rings is 1. The number of carbonyl (C=O) groups excluding carboxylic acids is 1.